The quantitative estimate of drug-likeness (QED) is 0.927. The molecule has 0 aromatic carbocycles. The van der Waals surface area contributed by atoms with E-state index in [0.717, 1.165) is 6.42 Å². The van der Waals surface area contributed by atoms with Gasteiger partial charge in [-0.2, -0.15) is 11.3 Å². The molecule has 1 aromatic heterocycles. The molecule has 4 nitrogen and oxygen atoms in total. The Morgan fingerprint density at radius 3 is 2.60 bits per heavy atom. The van der Waals surface area contributed by atoms with Crippen LogP contribution in [0, 0.1) is 5.41 Å². The van der Waals surface area contributed by atoms with E-state index in [0.29, 0.717) is 6.54 Å². The van der Waals surface area contributed by atoms with Gasteiger partial charge in [0.2, 0.25) is 11.8 Å². The molecule has 2 unspecified atom stereocenters. The van der Waals surface area contributed by atoms with E-state index in [1.54, 1.807) is 23.2 Å². The summed E-state index contributed by atoms with van der Waals surface area (Å²) < 4.78 is 0. The molecule has 0 spiro atoms. The van der Waals surface area contributed by atoms with Gasteiger partial charge in [-0.25, -0.2) is 0 Å². The standard InChI is InChI=1S/C15H22N2O2S/c1-10-13(18)16-12(15(2,3)4)14(19)17(10)7-5-11-6-8-20-9-11/h6,8-10,12H,5,7H2,1-4H3,(H,16,18). The maximum Gasteiger partial charge on any atom is 0.246 e. The number of carbonyl (C=O) groups is 2. The predicted molar refractivity (Wildman–Crippen MR) is 80.6 cm³/mol. The molecule has 0 saturated carbocycles. The van der Waals surface area contributed by atoms with E-state index in [4.69, 9.17) is 0 Å². The van der Waals surface area contributed by atoms with Crippen molar-refractivity contribution in [3.63, 3.8) is 0 Å². The minimum absolute atomic E-state index is 0.0276. The van der Waals surface area contributed by atoms with Gasteiger partial charge >= 0.3 is 0 Å². The Balaban J connectivity index is 2.12. The van der Waals surface area contributed by atoms with Crippen LogP contribution in [0.15, 0.2) is 16.8 Å². The molecule has 110 valence electrons. The Morgan fingerprint density at radius 2 is 2.05 bits per heavy atom. The van der Waals surface area contributed by atoms with Crippen LogP contribution < -0.4 is 5.32 Å². The zero-order valence-corrected chi connectivity index (χ0v) is 13.3. The fourth-order valence-electron chi connectivity index (χ4n) is 2.40. The van der Waals surface area contributed by atoms with Gasteiger partial charge in [-0.1, -0.05) is 20.8 Å². The maximum atomic E-state index is 12.6. The average molecular weight is 294 g/mol. The Labute approximate surface area is 124 Å². The lowest BCUT2D eigenvalue weighted by Crippen LogP contribution is -2.66. The summed E-state index contributed by atoms with van der Waals surface area (Å²) in [6.07, 6.45) is 0.795. The maximum absolute atomic E-state index is 12.6. The lowest BCUT2D eigenvalue weighted by molar-refractivity contribution is -0.151. The number of nitrogens with zero attached hydrogens (tertiary/aromatic N) is 1. The molecule has 5 heteroatoms. The van der Waals surface area contributed by atoms with E-state index < -0.39 is 6.04 Å². The highest BCUT2D eigenvalue weighted by Gasteiger charge is 2.43. The van der Waals surface area contributed by atoms with E-state index in [-0.39, 0.29) is 23.3 Å². The first kappa shape index (κ1) is 15.0. The van der Waals surface area contributed by atoms with Crippen molar-refractivity contribution in [1.82, 2.24) is 10.2 Å². The molecule has 1 fully saturated rings. The number of hydrogen-bond acceptors (Lipinski definition) is 3. The largest absolute Gasteiger partial charge is 0.342 e. The summed E-state index contributed by atoms with van der Waals surface area (Å²) in [4.78, 5) is 26.4. The number of piperazine rings is 1. The molecule has 1 aliphatic heterocycles. The highest BCUT2D eigenvalue weighted by molar-refractivity contribution is 7.07. The van der Waals surface area contributed by atoms with Gasteiger partial charge in [-0.3, -0.25) is 9.59 Å². The second-order valence-electron chi connectivity index (χ2n) is 6.40. The van der Waals surface area contributed by atoms with Crippen LogP contribution in [0.5, 0.6) is 0 Å². The molecule has 1 aliphatic rings. The highest BCUT2D eigenvalue weighted by atomic mass is 32.1. The number of rotatable bonds is 3. The van der Waals surface area contributed by atoms with Gasteiger partial charge in [-0.05, 0) is 41.1 Å². The van der Waals surface area contributed by atoms with Crippen LogP contribution in [0.2, 0.25) is 0 Å². The van der Waals surface area contributed by atoms with Gasteiger partial charge in [0.15, 0.2) is 0 Å². The predicted octanol–water partition coefficient (Wildman–Crippen LogP) is 2.05. The second kappa shape index (κ2) is 5.56. The number of amides is 2. The monoisotopic (exact) mass is 294 g/mol. The molecule has 0 bridgehead atoms. The number of thiophene rings is 1. The van der Waals surface area contributed by atoms with E-state index in [9.17, 15) is 9.59 Å². The van der Waals surface area contributed by atoms with Gasteiger partial charge in [0.05, 0.1) is 0 Å². The lowest BCUT2D eigenvalue weighted by atomic mass is 9.84. The summed E-state index contributed by atoms with van der Waals surface area (Å²) in [5.41, 5.74) is 0.946. The average Bonchev–Trinajstić information content (AvgIpc) is 2.85. The van der Waals surface area contributed by atoms with Gasteiger partial charge in [0.25, 0.3) is 0 Å². The highest BCUT2D eigenvalue weighted by Crippen LogP contribution is 2.25. The molecule has 2 heterocycles. The molecule has 0 aliphatic carbocycles. The molecular formula is C15H22N2O2S. The van der Waals surface area contributed by atoms with Crippen molar-refractivity contribution in [2.75, 3.05) is 6.54 Å². The number of nitrogens with one attached hydrogen (secondary N) is 1. The third kappa shape index (κ3) is 3.03. The van der Waals surface area contributed by atoms with Crippen molar-refractivity contribution >= 4 is 23.2 Å². The topological polar surface area (TPSA) is 49.4 Å². The zero-order valence-electron chi connectivity index (χ0n) is 12.5. The molecule has 0 radical (unpaired) electrons. The van der Waals surface area contributed by atoms with Crippen LogP contribution in [-0.4, -0.2) is 35.3 Å². The number of carbonyl (C=O) groups excluding carboxylic acids is 2. The van der Waals surface area contributed by atoms with Crippen molar-refractivity contribution in [2.24, 2.45) is 5.41 Å². The van der Waals surface area contributed by atoms with Crippen molar-refractivity contribution in [3.05, 3.63) is 22.4 Å². The Kier molecular flexibility index (Phi) is 4.18. The lowest BCUT2D eigenvalue weighted by Gasteiger charge is -2.42. The Morgan fingerprint density at radius 1 is 1.35 bits per heavy atom. The van der Waals surface area contributed by atoms with Gasteiger partial charge in [0, 0.05) is 6.54 Å². The molecule has 20 heavy (non-hydrogen) atoms. The van der Waals surface area contributed by atoms with E-state index in [2.05, 4.69) is 16.8 Å². The van der Waals surface area contributed by atoms with Crippen LogP contribution in [0.1, 0.15) is 33.3 Å². The zero-order chi connectivity index (χ0) is 14.9. The summed E-state index contributed by atoms with van der Waals surface area (Å²) in [6, 6.07) is 1.24. The van der Waals surface area contributed by atoms with E-state index in [1.165, 1.54) is 5.56 Å². The molecule has 1 aromatic rings. The molecule has 2 atom stereocenters. The smallest absolute Gasteiger partial charge is 0.246 e. The third-order valence-electron chi connectivity index (χ3n) is 3.75. The Bertz CT molecular complexity index is 490. The molecule has 2 rings (SSSR count). The minimum atomic E-state index is -0.436. The summed E-state index contributed by atoms with van der Waals surface area (Å²) in [6.45, 7) is 8.31. The van der Waals surface area contributed by atoms with Gasteiger partial charge in [-0.15, -0.1) is 0 Å². The fourth-order valence-corrected chi connectivity index (χ4v) is 3.10. The third-order valence-corrected chi connectivity index (χ3v) is 4.48. The van der Waals surface area contributed by atoms with Crippen LogP contribution >= 0.6 is 11.3 Å². The second-order valence-corrected chi connectivity index (χ2v) is 7.18. The fraction of sp³-hybridized carbons (Fsp3) is 0.600. The molecule has 1 N–H and O–H groups in total. The summed E-state index contributed by atoms with van der Waals surface area (Å²) in [7, 11) is 0. The minimum Gasteiger partial charge on any atom is -0.342 e. The van der Waals surface area contributed by atoms with Gasteiger partial charge in [0.1, 0.15) is 12.1 Å². The molecule has 1 saturated heterocycles. The van der Waals surface area contributed by atoms with Crippen LogP contribution in [-0.2, 0) is 16.0 Å². The number of hydrogen-bond donors (Lipinski definition) is 1. The summed E-state index contributed by atoms with van der Waals surface area (Å²) >= 11 is 1.65. The molecular weight excluding hydrogens is 272 g/mol. The SMILES string of the molecule is CC1C(=O)NC(C(C)(C)C)C(=O)N1CCc1ccsc1. The van der Waals surface area contributed by atoms with E-state index >= 15 is 0 Å². The summed E-state index contributed by atoms with van der Waals surface area (Å²) in [5, 5.41) is 6.96. The first-order chi connectivity index (χ1) is 9.30. The van der Waals surface area contributed by atoms with Gasteiger partial charge < -0.3 is 10.2 Å². The van der Waals surface area contributed by atoms with E-state index in [1.807, 2.05) is 26.2 Å². The molecule has 2 amide bonds. The van der Waals surface area contributed by atoms with Crippen LogP contribution in [0.25, 0.3) is 0 Å². The van der Waals surface area contributed by atoms with Crippen molar-refractivity contribution < 1.29 is 9.59 Å². The van der Waals surface area contributed by atoms with Crippen molar-refractivity contribution in [2.45, 2.75) is 46.2 Å². The summed E-state index contributed by atoms with van der Waals surface area (Å²) in [5.74, 6) is -0.0327. The first-order valence-corrected chi connectivity index (χ1v) is 7.87. The first-order valence-electron chi connectivity index (χ1n) is 6.92. The van der Waals surface area contributed by atoms with Crippen LogP contribution in [0.3, 0.4) is 0 Å². The van der Waals surface area contributed by atoms with Crippen molar-refractivity contribution in [3.8, 4) is 0 Å². The normalized spacial score (nSPS) is 23.9. The Hall–Kier alpha value is -1.36. The van der Waals surface area contributed by atoms with Crippen LogP contribution in [0.4, 0.5) is 0 Å². The van der Waals surface area contributed by atoms with Crippen molar-refractivity contribution in [1.29, 1.82) is 0 Å².